The van der Waals surface area contributed by atoms with Crippen molar-refractivity contribution in [3.8, 4) is 0 Å². The second kappa shape index (κ2) is 5.22. The van der Waals surface area contributed by atoms with Gasteiger partial charge < -0.3 is 0 Å². The number of alkyl halides is 3. The van der Waals surface area contributed by atoms with E-state index < -0.39 is 11.7 Å². The molecule has 1 aromatic carbocycles. The zero-order chi connectivity index (χ0) is 13.9. The summed E-state index contributed by atoms with van der Waals surface area (Å²) < 4.78 is 38.8. The summed E-state index contributed by atoms with van der Waals surface area (Å²) in [5.41, 5.74) is -0.485. The van der Waals surface area contributed by atoms with E-state index in [0.717, 1.165) is 12.1 Å². The molecule has 0 saturated carbocycles. The van der Waals surface area contributed by atoms with Gasteiger partial charge >= 0.3 is 6.18 Å². The molecule has 0 saturated heterocycles. The highest BCUT2D eigenvalue weighted by molar-refractivity contribution is 5.95. The van der Waals surface area contributed by atoms with Gasteiger partial charge in [0, 0.05) is 17.7 Å². The lowest BCUT2D eigenvalue weighted by Gasteiger charge is -2.06. The van der Waals surface area contributed by atoms with Crippen LogP contribution in [0.25, 0.3) is 0 Å². The molecule has 0 radical (unpaired) electrons. The number of aromatic nitrogens is 1. The standard InChI is InChI=1S/C14H11F3NO/c15-14(16,17)12-6-4-11(5-7-12)13(19)10-18-8-2-1-3-9-18/h1-9H,10H2/q+1. The first-order chi connectivity index (χ1) is 8.97. The van der Waals surface area contributed by atoms with E-state index in [2.05, 4.69) is 0 Å². The maximum absolute atomic E-state index is 12.4. The number of rotatable bonds is 3. The van der Waals surface area contributed by atoms with Crippen LogP contribution >= 0.6 is 0 Å². The van der Waals surface area contributed by atoms with Crippen LogP contribution in [0.3, 0.4) is 0 Å². The minimum absolute atomic E-state index is 0.103. The Hall–Kier alpha value is -2.17. The minimum Gasteiger partial charge on any atom is -0.287 e. The molecular weight excluding hydrogens is 255 g/mol. The van der Waals surface area contributed by atoms with Crippen molar-refractivity contribution in [1.29, 1.82) is 0 Å². The first-order valence-corrected chi connectivity index (χ1v) is 5.61. The van der Waals surface area contributed by atoms with E-state index >= 15 is 0 Å². The van der Waals surface area contributed by atoms with Crippen molar-refractivity contribution in [3.63, 3.8) is 0 Å². The summed E-state index contributed by atoms with van der Waals surface area (Å²) in [5.74, 6) is -0.232. The number of hydrogen-bond acceptors (Lipinski definition) is 1. The van der Waals surface area contributed by atoms with Gasteiger partial charge in [0.1, 0.15) is 0 Å². The number of pyridine rings is 1. The molecule has 1 heterocycles. The maximum atomic E-state index is 12.4. The van der Waals surface area contributed by atoms with E-state index in [1.165, 1.54) is 12.1 Å². The molecule has 2 aromatic rings. The van der Waals surface area contributed by atoms with Crippen LogP contribution in [0.1, 0.15) is 15.9 Å². The van der Waals surface area contributed by atoms with Crippen LogP contribution in [0, 0.1) is 0 Å². The highest BCUT2D eigenvalue weighted by atomic mass is 19.4. The molecular formula is C14H11F3NO+. The Morgan fingerprint density at radius 2 is 1.58 bits per heavy atom. The Kier molecular flexibility index (Phi) is 3.64. The lowest BCUT2D eigenvalue weighted by molar-refractivity contribution is -0.683. The molecule has 0 spiro atoms. The van der Waals surface area contributed by atoms with Crippen molar-refractivity contribution in [2.24, 2.45) is 0 Å². The number of nitrogens with zero attached hydrogens (tertiary/aromatic N) is 1. The van der Waals surface area contributed by atoms with E-state index in [1.807, 2.05) is 6.07 Å². The zero-order valence-electron chi connectivity index (χ0n) is 9.89. The van der Waals surface area contributed by atoms with Gasteiger partial charge in [-0.15, -0.1) is 0 Å². The summed E-state index contributed by atoms with van der Waals surface area (Å²) in [7, 11) is 0. The molecule has 0 atom stereocenters. The molecule has 0 fully saturated rings. The summed E-state index contributed by atoms with van der Waals surface area (Å²) in [6.07, 6.45) is -0.931. The number of Topliss-reactive ketones (excluding diaryl/α,β-unsaturated/α-hetero) is 1. The SMILES string of the molecule is O=C(C[n+]1ccccc1)c1ccc(C(F)(F)F)cc1. The molecule has 0 aliphatic carbocycles. The fourth-order valence-electron chi connectivity index (χ4n) is 1.64. The van der Waals surface area contributed by atoms with Gasteiger partial charge in [0.05, 0.1) is 5.56 Å². The summed E-state index contributed by atoms with van der Waals surface area (Å²) in [6.45, 7) is 0.103. The quantitative estimate of drug-likeness (QED) is 0.618. The van der Waals surface area contributed by atoms with E-state index in [9.17, 15) is 18.0 Å². The van der Waals surface area contributed by atoms with Crippen molar-refractivity contribution in [1.82, 2.24) is 0 Å². The van der Waals surface area contributed by atoms with Gasteiger partial charge in [-0.3, -0.25) is 4.79 Å². The number of hydrogen-bond donors (Lipinski definition) is 0. The van der Waals surface area contributed by atoms with Gasteiger partial charge in [-0.05, 0) is 12.1 Å². The van der Waals surface area contributed by atoms with Crippen molar-refractivity contribution < 1.29 is 22.5 Å². The molecule has 0 bridgehead atoms. The number of benzene rings is 1. The number of carbonyl (C=O) groups excluding carboxylic acids is 1. The molecule has 5 heteroatoms. The van der Waals surface area contributed by atoms with E-state index in [1.54, 1.807) is 29.1 Å². The lowest BCUT2D eigenvalue weighted by atomic mass is 10.1. The molecule has 98 valence electrons. The Labute approximate surface area is 108 Å². The lowest BCUT2D eigenvalue weighted by Crippen LogP contribution is -2.36. The second-order valence-electron chi connectivity index (χ2n) is 4.05. The summed E-state index contributed by atoms with van der Waals surface area (Å²) >= 11 is 0. The third-order valence-electron chi connectivity index (χ3n) is 2.64. The van der Waals surface area contributed by atoms with Gasteiger partial charge in [-0.2, -0.15) is 17.7 Å². The molecule has 0 amide bonds. The van der Waals surface area contributed by atoms with Crippen molar-refractivity contribution in [2.45, 2.75) is 12.7 Å². The molecule has 2 rings (SSSR count). The highest BCUT2D eigenvalue weighted by Gasteiger charge is 2.30. The molecule has 1 aromatic heterocycles. The summed E-state index contributed by atoms with van der Waals surface area (Å²) in [5, 5.41) is 0. The van der Waals surface area contributed by atoms with E-state index in [-0.39, 0.29) is 17.9 Å². The largest absolute Gasteiger partial charge is 0.416 e. The number of halogens is 3. The van der Waals surface area contributed by atoms with Gasteiger partial charge in [0.2, 0.25) is 12.3 Å². The fourth-order valence-corrected chi connectivity index (χ4v) is 1.64. The van der Waals surface area contributed by atoms with Crippen LogP contribution in [0.2, 0.25) is 0 Å². The van der Waals surface area contributed by atoms with Crippen LogP contribution in [-0.4, -0.2) is 5.78 Å². The van der Waals surface area contributed by atoms with Crippen molar-refractivity contribution >= 4 is 5.78 Å². The molecule has 0 aliphatic heterocycles. The Bertz CT molecular complexity index is 561. The van der Waals surface area contributed by atoms with E-state index in [4.69, 9.17) is 0 Å². The third kappa shape index (κ3) is 3.40. The molecule has 0 unspecified atom stereocenters. The predicted molar refractivity (Wildman–Crippen MR) is 62.4 cm³/mol. The zero-order valence-corrected chi connectivity index (χ0v) is 9.89. The predicted octanol–water partition coefficient (Wildman–Crippen LogP) is 2.88. The molecule has 2 nitrogen and oxygen atoms in total. The van der Waals surface area contributed by atoms with Crippen molar-refractivity contribution in [3.05, 3.63) is 66.0 Å². The summed E-state index contributed by atoms with van der Waals surface area (Å²) in [6, 6.07) is 9.62. The number of carbonyl (C=O) groups is 1. The van der Waals surface area contributed by atoms with Gasteiger partial charge in [0.25, 0.3) is 0 Å². The smallest absolute Gasteiger partial charge is 0.287 e. The molecule has 0 N–H and O–H groups in total. The maximum Gasteiger partial charge on any atom is 0.416 e. The van der Waals surface area contributed by atoms with Gasteiger partial charge in [-0.1, -0.05) is 18.2 Å². The fraction of sp³-hybridized carbons (Fsp3) is 0.143. The first-order valence-electron chi connectivity index (χ1n) is 5.61. The molecule has 0 aliphatic rings. The first kappa shape index (κ1) is 13.3. The average molecular weight is 266 g/mol. The molecule has 19 heavy (non-hydrogen) atoms. The monoisotopic (exact) mass is 266 g/mol. The van der Waals surface area contributed by atoms with Crippen LogP contribution in [0.4, 0.5) is 13.2 Å². The highest BCUT2D eigenvalue weighted by Crippen LogP contribution is 2.29. The van der Waals surface area contributed by atoms with Crippen LogP contribution in [0.5, 0.6) is 0 Å². The third-order valence-corrected chi connectivity index (χ3v) is 2.64. The summed E-state index contributed by atoms with van der Waals surface area (Å²) in [4.78, 5) is 11.9. The van der Waals surface area contributed by atoms with Crippen LogP contribution < -0.4 is 4.57 Å². The van der Waals surface area contributed by atoms with Crippen molar-refractivity contribution in [2.75, 3.05) is 0 Å². The Morgan fingerprint density at radius 3 is 2.11 bits per heavy atom. The van der Waals surface area contributed by atoms with E-state index in [0.29, 0.717) is 0 Å². The van der Waals surface area contributed by atoms with Crippen LogP contribution in [0.15, 0.2) is 54.9 Å². The Morgan fingerprint density at radius 1 is 1.00 bits per heavy atom. The van der Waals surface area contributed by atoms with Gasteiger partial charge in [-0.25, -0.2) is 0 Å². The average Bonchev–Trinajstić information content (AvgIpc) is 2.39. The number of ketones is 1. The minimum atomic E-state index is -4.38. The second-order valence-corrected chi connectivity index (χ2v) is 4.05. The Balaban J connectivity index is 2.12. The topological polar surface area (TPSA) is 20.9 Å². The van der Waals surface area contributed by atoms with Gasteiger partial charge in [0.15, 0.2) is 12.4 Å². The van der Waals surface area contributed by atoms with Crippen LogP contribution in [-0.2, 0) is 12.7 Å². The normalized spacial score (nSPS) is 11.3.